The molecule has 0 saturated carbocycles. The van der Waals surface area contributed by atoms with Crippen molar-refractivity contribution in [2.75, 3.05) is 31.0 Å². The summed E-state index contributed by atoms with van der Waals surface area (Å²) in [4.78, 5) is 17.3. The Morgan fingerprint density at radius 1 is 1.14 bits per heavy atom. The summed E-state index contributed by atoms with van der Waals surface area (Å²) in [6.07, 6.45) is -3.10. The molecule has 2 aliphatic heterocycles. The van der Waals surface area contributed by atoms with Crippen molar-refractivity contribution >= 4 is 43.7 Å². The molecule has 0 unspecified atom stereocenters. The van der Waals surface area contributed by atoms with Crippen molar-refractivity contribution in [3.8, 4) is 5.75 Å². The van der Waals surface area contributed by atoms with E-state index in [9.17, 15) is 34.8 Å². The van der Waals surface area contributed by atoms with Crippen LogP contribution in [0.4, 0.5) is 18.9 Å². The van der Waals surface area contributed by atoms with Gasteiger partial charge in [0.2, 0.25) is 10.0 Å². The standard InChI is InChI=1S/C26H30F3N5O7S2/c1-18-16-21(33-43(39,40)30-11-3-14-35)7-6-19(18)8-15-42(37,38)34-12-9-25(10-13-34)24(36)31-23(32-25)20-4-2-5-22(17-20)41-26(27,28)29/h2,4-8,15-17,30,33,35H,3,9-14H2,1H3,(H,31,32,36)/b15-8+. The van der Waals surface area contributed by atoms with E-state index in [0.29, 0.717) is 11.1 Å². The van der Waals surface area contributed by atoms with Gasteiger partial charge in [0, 0.05) is 37.2 Å². The number of sulfonamides is 1. The number of hydrogen-bond acceptors (Lipinski definition) is 8. The van der Waals surface area contributed by atoms with Gasteiger partial charge >= 0.3 is 6.36 Å². The summed E-state index contributed by atoms with van der Waals surface area (Å²) >= 11 is 0. The highest BCUT2D eigenvalue weighted by atomic mass is 32.2. The van der Waals surface area contributed by atoms with Crippen LogP contribution in [0, 0.1) is 6.92 Å². The van der Waals surface area contributed by atoms with Crippen molar-refractivity contribution in [1.29, 1.82) is 0 Å². The zero-order valence-corrected chi connectivity index (χ0v) is 24.5. The third-order valence-corrected chi connectivity index (χ3v) is 9.45. The number of carbonyl (C=O) groups excluding carboxylic acids is 1. The minimum absolute atomic E-state index is 0.0168. The van der Waals surface area contributed by atoms with Crippen LogP contribution in [-0.4, -0.2) is 76.1 Å². The van der Waals surface area contributed by atoms with E-state index in [0.717, 1.165) is 17.5 Å². The normalized spacial score (nSPS) is 17.7. The molecule has 17 heteroatoms. The van der Waals surface area contributed by atoms with Crippen molar-refractivity contribution in [3.63, 3.8) is 0 Å². The number of amidine groups is 1. The number of rotatable bonds is 11. The molecule has 0 aromatic heterocycles. The van der Waals surface area contributed by atoms with Gasteiger partial charge in [-0.2, -0.15) is 17.4 Å². The van der Waals surface area contributed by atoms with Crippen LogP contribution in [0.25, 0.3) is 6.08 Å². The minimum Gasteiger partial charge on any atom is -0.406 e. The van der Waals surface area contributed by atoms with E-state index in [1.807, 2.05) is 0 Å². The number of ether oxygens (including phenoxy) is 1. The number of carbonyl (C=O) groups is 1. The van der Waals surface area contributed by atoms with Crippen LogP contribution in [0.15, 0.2) is 52.9 Å². The molecule has 234 valence electrons. The lowest BCUT2D eigenvalue weighted by molar-refractivity contribution is -0.274. The van der Waals surface area contributed by atoms with Gasteiger partial charge in [0.25, 0.3) is 16.1 Å². The topological polar surface area (TPSA) is 166 Å². The maximum Gasteiger partial charge on any atom is 0.573 e. The Hall–Kier alpha value is -3.51. The molecule has 2 heterocycles. The van der Waals surface area contributed by atoms with Crippen LogP contribution in [-0.2, 0) is 25.0 Å². The van der Waals surface area contributed by atoms with Crippen LogP contribution in [0.5, 0.6) is 5.75 Å². The Labute approximate surface area is 246 Å². The Kier molecular flexibility index (Phi) is 9.51. The summed E-state index contributed by atoms with van der Waals surface area (Å²) in [5, 5.41) is 12.4. The molecule has 1 saturated heterocycles. The summed E-state index contributed by atoms with van der Waals surface area (Å²) in [5.74, 6) is -0.851. The highest BCUT2D eigenvalue weighted by molar-refractivity contribution is 7.92. The van der Waals surface area contributed by atoms with Crippen molar-refractivity contribution < 1.29 is 44.6 Å². The van der Waals surface area contributed by atoms with Crippen molar-refractivity contribution in [1.82, 2.24) is 14.3 Å². The Bertz CT molecular complexity index is 1640. The Balaban J connectivity index is 1.40. The molecule has 0 bridgehead atoms. The third kappa shape index (κ3) is 8.32. The molecule has 2 aromatic carbocycles. The van der Waals surface area contributed by atoms with Crippen LogP contribution in [0.1, 0.15) is 36.0 Å². The second kappa shape index (κ2) is 12.6. The number of halogens is 3. The van der Waals surface area contributed by atoms with Gasteiger partial charge < -0.3 is 15.2 Å². The summed E-state index contributed by atoms with van der Waals surface area (Å²) in [7, 11) is -7.74. The summed E-state index contributed by atoms with van der Waals surface area (Å²) in [6, 6.07) is 9.63. The van der Waals surface area contributed by atoms with Crippen LogP contribution < -0.4 is 19.5 Å². The number of benzene rings is 2. The first-order valence-electron chi connectivity index (χ1n) is 13.1. The lowest BCUT2D eigenvalue weighted by atomic mass is 9.89. The smallest absolute Gasteiger partial charge is 0.406 e. The largest absolute Gasteiger partial charge is 0.573 e. The van der Waals surface area contributed by atoms with Crippen LogP contribution >= 0.6 is 0 Å². The zero-order chi connectivity index (χ0) is 31.5. The van der Waals surface area contributed by atoms with Crippen molar-refractivity contribution in [2.24, 2.45) is 4.99 Å². The fourth-order valence-electron chi connectivity index (χ4n) is 4.59. The summed E-state index contributed by atoms with van der Waals surface area (Å²) < 4.78 is 97.9. The van der Waals surface area contributed by atoms with Gasteiger partial charge in [-0.25, -0.2) is 8.42 Å². The fourth-order valence-corrected chi connectivity index (χ4v) is 6.70. The molecule has 43 heavy (non-hydrogen) atoms. The number of aliphatic hydroxyl groups excluding tert-OH is 1. The molecule has 1 amide bonds. The van der Waals surface area contributed by atoms with Crippen LogP contribution in [0.2, 0.25) is 0 Å². The third-order valence-electron chi connectivity index (χ3n) is 6.80. The number of nitrogens with zero attached hydrogens (tertiary/aromatic N) is 2. The summed E-state index contributed by atoms with van der Waals surface area (Å²) in [5.41, 5.74) is 0.378. The number of aryl methyl sites for hydroxylation is 1. The van der Waals surface area contributed by atoms with Crippen molar-refractivity contribution in [3.05, 3.63) is 64.6 Å². The number of aliphatic hydroxyl groups is 1. The SMILES string of the molecule is Cc1cc(NS(=O)(=O)NCCCO)ccc1/C=C/S(=O)(=O)N1CCC2(CC1)N=C(c1cccc(OC(F)(F)F)c1)NC2=O. The average Bonchev–Trinajstić information content (AvgIpc) is 3.22. The maximum atomic E-state index is 13.1. The Morgan fingerprint density at radius 2 is 1.86 bits per heavy atom. The van der Waals surface area contributed by atoms with E-state index >= 15 is 0 Å². The van der Waals surface area contributed by atoms with E-state index in [2.05, 4.69) is 24.5 Å². The fraction of sp³-hybridized carbons (Fsp3) is 0.385. The molecule has 0 atom stereocenters. The monoisotopic (exact) mass is 645 g/mol. The average molecular weight is 646 g/mol. The van der Waals surface area contributed by atoms with Gasteiger partial charge in [-0.15, -0.1) is 13.2 Å². The number of alkyl halides is 3. The molecular formula is C26H30F3N5O7S2. The quantitative estimate of drug-likeness (QED) is 0.272. The van der Waals surface area contributed by atoms with E-state index in [1.165, 1.54) is 28.6 Å². The molecule has 1 fully saturated rings. The molecule has 0 radical (unpaired) electrons. The maximum absolute atomic E-state index is 13.1. The van der Waals surface area contributed by atoms with Gasteiger partial charge in [-0.3, -0.25) is 14.5 Å². The number of anilines is 1. The summed E-state index contributed by atoms with van der Waals surface area (Å²) in [6.45, 7) is 1.56. The van der Waals surface area contributed by atoms with Gasteiger partial charge in [0.1, 0.15) is 17.1 Å². The Morgan fingerprint density at radius 3 is 2.51 bits per heavy atom. The van der Waals surface area contributed by atoms with Crippen molar-refractivity contribution in [2.45, 2.75) is 38.1 Å². The van der Waals surface area contributed by atoms with Crippen LogP contribution in [0.3, 0.4) is 0 Å². The minimum atomic E-state index is -4.88. The number of nitrogens with one attached hydrogen (secondary N) is 3. The molecule has 12 nitrogen and oxygen atoms in total. The van der Waals surface area contributed by atoms with E-state index in [4.69, 9.17) is 5.11 Å². The number of aliphatic imine (C=N–C) groups is 1. The predicted octanol–water partition coefficient (Wildman–Crippen LogP) is 2.23. The first-order valence-corrected chi connectivity index (χ1v) is 16.0. The highest BCUT2D eigenvalue weighted by Crippen LogP contribution is 2.33. The van der Waals surface area contributed by atoms with Gasteiger partial charge in [-0.05, 0) is 67.7 Å². The first kappa shape index (κ1) is 32.4. The lowest BCUT2D eigenvalue weighted by Gasteiger charge is -2.34. The molecule has 4 N–H and O–H groups in total. The zero-order valence-electron chi connectivity index (χ0n) is 22.9. The lowest BCUT2D eigenvalue weighted by Crippen LogP contribution is -2.50. The molecule has 2 aromatic rings. The molecule has 1 spiro atoms. The van der Waals surface area contributed by atoms with E-state index in [1.54, 1.807) is 19.1 Å². The van der Waals surface area contributed by atoms with E-state index < -0.39 is 43.8 Å². The molecule has 0 aliphatic carbocycles. The highest BCUT2D eigenvalue weighted by Gasteiger charge is 2.47. The number of piperidine rings is 1. The molecule has 2 aliphatic rings. The van der Waals surface area contributed by atoms with Gasteiger partial charge in [0.05, 0.1) is 5.69 Å². The first-order chi connectivity index (χ1) is 20.1. The second-order valence-corrected chi connectivity index (χ2v) is 13.2. The molecular weight excluding hydrogens is 615 g/mol. The molecule has 4 rings (SSSR count). The van der Waals surface area contributed by atoms with Gasteiger partial charge in [0.15, 0.2) is 0 Å². The van der Waals surface area contributed by atoms with E-state index in [-0.39, 0.29) is 62.6 Å². The number of hydrogen-bond donors (Lipinski definition) is 4. The predicted molar refractivity (Wildman–Crippen MR) is 153 cm³/mol. The number of amides is 1. The second-order valence-electron chi connectivity index (χ2n) is 9.92. The van der Waals surface area contributed by atoms with Gasteiger partial charge in [-0.1, -0.05) is 18.2 Å².